The monoisotopic (exact) mass is 428 g/mol. The van der Waals surface area contributed by atoms with Crippen molar-refractivity contribution < 1.29 is 8.78 Å². The topological polar surface area (TPSA) is 0 Å². The number of halogens is 6. The first-order valence-corrected chi connectivity index (χ1v) is 7.53. The molecule has 2 aromatic carbocycles. The first-order valence-electron chi connectivity index (χ1n) is 5.13. The third-order valence-electron chi connectivity index (χ3n) is 2.54. The van der Waals surface area contributed by atoms with Gasteiger partial charge in [0, 0.05) is 20.1 Å². The summed E-state index contributed by atoms with van der Waals surface area (Å²) in [6.45, 7) is 0. The van der Waals surface area contributed by atoms with E-state index >= 15 is 0 Å². The van der Waals surface area contributed by atoms with Crippen LogP contribution in [0, 0.1) is 11.6 Å². The second-order valence-corrected chi connectivity index (χ2v) is 6.43. The summed E-state index contributed by atoms with van der Waals surface area (Å²) in [6.07, 6.45) is 0. The molecule has 0 saturated heterocycles. The highest BCUT2D eigenvalue weighted by Crippen LogP contribution is 2.37. The van der Waals surface area contributed by atoms with E-state index in [1.165, 1.54) is 24.3 Å². The lowest BCUT2D eigenvalue weighted by Crippen LogP contribution is -2.00. The molecule has 0 heterocycles. The molecule has 0 nitrogen and oxygen atoms in total. The molecular weight excluding hydrogens is 425 g/mol. The smallest absolute Gasteiger partial charge is 0.129 e. The fraction of sp³-hybridized carbons (Fsp3) is 0.0769. The van der Waals surface area contributed by atoms with Gasteiger partial charge in [-0.1, -0.05) is 27.5 Å². The van der Waals surface area contributed by atoms with Crippen molar-refractivity contribution in [1.82, 2.24) is 0 Å². The number of benzene rings is 2. The lowest BCUT2D eigenvalue weighted by Gasteiger charge is -2.14. The van der Waals surface area contributed by atoms with E-state index in [4.69, 9.17) is 23.2 Å². The maximum absolute atomic E-state index is 13.9. The Morgan fingerprint density at radius 2 is 1.58 bits per heavy atom. The van der Waals surface area contributed by atoms with E-state index in [0.717, 1.165) is 0 Å². The Balaban J connectivity index is 2.52. The van der Waals surface area contributed by atoms with Gasteiger partial charge in [0.2, 0.25) is 0 Å². The van der Waals surface area contributed by atoms with Crippen LogP contribution in [0.3, 0.4) is 0 Å². The summed E-state index contributed by atoms with van der Waals surface area (Å²) in [7, 11) is 0. The van der Waals surface area contributed by atoms with E-state index in [1.807, 2.05) is 0 Å². The van der Waals surface area contributed by atoms with Crippen LogP contribution in [0.4, 0.5) is 8.78 Å². The number of hydrogen-bond acceptors (Lipinski definition) is 0. The van der Waals surface area contributed by atoms with Gasteiger partial charge in [-0.25, -0.2) is 8.78 Å². The van der Waals surface area contributed by atoms with Gasteiger partial charge >= 0.3 is 0 Å². The second kappa shape index (κ2) is 6.08. The molecule has 0 fully saturated rings. The van der Waals surface area contributed by atoms with Crippen LogP contribution in [-0.2, 0) is 0 Å². The van der Waals surface area contributed by atoms with Crippen molar-refractivity contribution in [2.24, 2.45) is 0 Å². The highest BCUT2D eigenvalue weighted by molar-refractivity contribution is 9.10. The standard InChI is InChI=1S/C13H6Br2Cl2F2/c14-6-1-2-11(18)7(3-6)13(17)8-4-10(16)9(15)5-12(8)19/h1-5,13H. The third-order valence-corrected chi connectivity index (χ3v) is 4.70. The quantitative estimate of drug-likeness (QED) is 0.378. The Morgan fingerprint density at radius 1 is 0.947 bits per heavy atom. The molecule has 0 saturated carbocycles. The van der Waals surface area contributed by atoms with Crippen LogP contribution in [-0.4, -0.2) is 0 Å². The summed E-state index contributed by atoms with van der Waals surface area (Å²) in [5.74, 6) is -1.04. The number of alkyl halides is 1. The van der Waals surface area contributed by atoms with Crippen LogP contribution in [0.2, 0.25) is 5.02 Å². The molecule has 0 aliphatic rings. The van der Waals surface area contributed by atoms with Gasteiger partial charge < -0.3 is 0 Å². The summed E-state index contributed by atoms with van der Waals surface area (Å²) < 4.78 is 28.7. The largest absolute Gasteiger partial charge is 0.207 e. The van der Waals surface area contributed by atoms with Crippen LogP contribution in [0.15, 0.2) is 39.3 Å². The molecule has 2 rings (SSSR count). The predicted molar refractivity (Wildman–Crippen MR) is 80.9 cm³/mol. The Kier molecular flexibility index (Phi) is 4.88. The molecular formula is C13H6Br2Cl2F2. The van der Waals surface area contributed by atoms with Gasteiger partial charge in [-0.3, -0.25) is 0 Å². The van der Waals surface area contributed by atoms with Crippen LogP contribution in [0.25, 0.3) is 0 Å². The van der Waals surface area contributed by atoms with Crippen LogP contribution in [0.1, 0.15) is 16.5 Å². The van der Waals surface area contributed by atoms with Crippen molar-refractivity contribution in [3.05, 3.63) is 67.1 Å². The molecule has 0 bridgehead atoms. The molecule has 19 heavy (non-hydrogen) atoms. The van der Waals surface area contributed by atoms with Crippen molar-refractivity contribution in [2.45, 2.75) is 5.38 Å². The molecule has 0 amide bonds. The Hall–Kier alpha value is -0.160. The average Bonchev–Trinajstić information content (AvgIpc) is 2.36. The fourth-order valence-electron chi connectivity index (χ4n) is 1.61. The summed E-state index contributed by atoms with van der Waals surface area (Å²) in [5.41, 5.74) is 0.320. The summed E-state index contributed by atoms with van der Waals surface area (Å²) >= 11 is 18.4. The minimum absolute atomic E-state index is 0.131. The van der Waals surface area contributed by atoms with Gasteiger partial charge in [-0.15, -0.1) is 11.6 Å². The zero-order valence-electron chi connectivity index (χ0n) is 9.23. The van der Waals surface area contributed by atoms with E-state index in [9.17, 15) is 8.78 Å². The molecule has 1 atom stereocenters. The maximum Gasteiger partial charge on any atom is 0.129 e. The van der Waals surface area contributed by atoms with Gasteiger partial charge in [0.1, 0.15) is 11.6 Å². The molecule has 0 N–H and O–H groups in total. The van der Waals surface area contributed by atoms with Crippen LogP contribution >= 0.6 is 55.1 Å². The molecule has 2 aromatic rings. The van der Waals surface area contributed by atoms with Crippen LogP contribution in [0.5, 0.6) is 0 Å². The average molecular weight is 431 g/mol. The summed E-state index contributed by atoms with van der Waals surface area (Å²) in [5, 5.41) is -0.638. The lowest BCUT2D eigenvalue weighted by molar-refractivity contribution is 0.595. The van der Waals surface area contributed by atoms with Crippen molar-refractivity contribution in [3.63, 3.8) is 0 Å². The Morgan fingerprint density at radius 3 is 2.26 bits per heavy atom. The summed E-state index contributed by atoms with van der Waals surface area (Å²) in [6, 6.07) is 6.94. The molecule has 0 spiro atoms. The number of hydrogen-bond donors (Lipinski definition) is 0. The van der Waals surface area contributed by atoms with Crippen molar-refractivity contribution in [3.8, 4) is 0 Å². The Labute approximate surface area is 136 Å². The van der Waals surface area contributed by atoms with E-state index in [2.05, 4.69) is 31.9 Å². The van der Waals surface area contributed by atoms with Gasteiger partial charge in [0.15, 0.2) is 0 Å². The minimum atomic E-state index is -0.955. The van der Waals surface area contributed by atoms with Crippen LogP contribution < -0.4 is 0 Å². The maximum atomic E-state index is 13.9. The molecule has 100 valence electrons. The van der Waals surface area contributed by atoms with Gasteiger partial charge in [0.05, 0.1) is 10.4 Å². The first-order chi connectivity index (χ1) is 8.90. The van der Waals surface area contributed by atoms with Crippen molar-refractivity contribution >= 4 is 55.1 Å². The zero-order chi connectivity index (χ0) is 14.2. The minimum Gasteiger partial charge on any atom is -0.207 e. The zero-order valence-corrected chi connectivity index (χ0v) is 13.9. The third kappa shape index (κ3) is 3.30. The van der Waals surface area contributed by atoms with Crippen molar-refractivity contribution in [2.75, 3.05) is 0 Å². The highest BCUT2D eigenvalue weighted by atomic mass is 79.9. The molecule has 1 unspecified atom stereocenters. The second-order valence-electron chi connectivity index (χ2n) is 3.82. The summed E-state index contributed by atoms with van der Waals surface area (Å²) in [4.78, 5) is 0. The molecule has 0 aromatic heterocycles. The fourth-order valence-corrected chi connectivity index (χ4v) is 2.81. The molecule has 0 radical (unpaired) electrons. The molecule has 0 aliphatic carbocycles. The van der Waals surface area contributed by atoms with Gasteiger partial charge in [-0.05, 0) is 46.3 Å². The van der Waals surface area contributed by atoms with Crippen molar-refractivity contribution in [1.29, 1.82) is 0 Å². The normalized spacial score (nSPS) is 12.5. The predicted octanol–water partition coefficient (Wildman–Crippen LogP) is 6.47. The van der Waals surface area contributed by atoms with E-state index in [0.29, 0.717) is 14.0 Å². The molecule has 6 heteroatoms. The highest BCUT2D eigenvalue weighted by Gasteiger charge is 2.20. The van der Waals surface area contributed by atoms with E-state index in [-0.39, 0.29) is 11.1 Å². The van der Waals surface area contributed by atoms with E-state index in [1.54, 1.807) is 6.07 Å². The Bertz CT molecular complexity index is 632. The first kappa shape index (κ1) is 15.2. The molecule has 0 aliphatic heterocycles. The lowest BCUT2D eigenvalue weighted by atomic mass is 10.0. The van der Waals surface area contributed by atoms with Gasteiger partial charge in [-0.2, -0.15) is 0 Å². The SMILES string of the molecule is Fc1ccc(Br)cc1C(Cl)c1cc(Cl)c(Br)cc1F. The number of rotatable bonds is 2. The van der Waals surface area contributed by atoms with E-state index < -0.39 is 17.0 Å². The van der Waals surface area contributed by atoms with Gasteiger partial charge in [0.25, 0.3) is 0 Å².